The van der Waals surface area contributed by atoms with Gasteiger partial charge in [-0.15, -0.1) is 11.3 Å². The Hall–Kier alpha value is -2.41. The van der Waals surface area contributed by atoms with Crippen LogP contribution in [0.2, 0.25) is 0 Å². The molecule has 1 aliphatic heterocycles. The van der Waals surface area contributed by atoms with Gasteiger partial charge in [-0.25, -0.2) is 0 Å². The van der Waals surface area contributed by atoms with Crippen molar-refractivity contribution in [3.8, 4) is 5.75 Å². The number of carbonyl (C=O) groups is 2. The lowest BCUT2D eigenvalue weighted by Gasteiger charge is -2.15. The standard InChI is InChI=1S/C16H17N3O3S/c1-18-9-10-23-16(18)17-14(20)11-22-13-6-4-12(5-7-13)19-8-2-3-15(19)21/h4-7,9-10H,2-3,8,11H2,1H3. The van der Waals surface area contributed by atoms with Crippen LogP contribution in [0.5, 0.6) is 5.75 Å². The van der Waals surface area contributed by atoms with Crippen molar-refractivity contribution in [1.29, 1.82) is 0 Å². The first-order valence-electron chi connectivity index (χ1n) is 7.34. The first-order valence-corrected chi connectivity index (χ1v) is 8.22. The molecule has 2 heterocycles. The van der Waals surface area contributed by atoms with E-state index in [2.05, 4.69) is 4.99 Å². The van der Waals surface area contributed by atoms with Crippen molar-refractivity contribution in [2.24, 2.45) is 12.0 Å². The Bertz CT molecular complexity index is 776. The molecule has 0 saturated carbocycles. The number of hydrogen-bond acceptors (Lipinski definition) is 4. The number of amides is 2. The fourth-order valence-electron chi connectivity index (χ4n) is 2.36. The second kappa shape index (κ2) is 6.78. The molecule has 1 saturated heterocycles. The fourth-order valence-corrected chi connectivity index (χ4v) is 3.11. The summed E-state index contributed by atoms with van der Waals surface area (Å²) in [5.41, 5.74) is 0.862. The normalized spacial score (nSPS) is 15.3. The third kappa shape index (κ3) is 3.68. The summed E-state index contributed by atoms with van der Waals surface area (Å²) in [6.07, 6.45) is 3.34. The molecule has 0 aliphatic carbocycles. The number of hydrogen-bond donors (Lipinski definition) is 0. The Kier molecular flexibility index (Phi) is 4.57. The van der Waals surface area contributed by atoms with Crippen molar-refractivity contribution in [1.82, 2.24) is 4.57 Å². The monoisotopic (exact) mass is 331 g/mol. The minimum Gasteiger partial charge on any atom is -0.484 e. The highest BCUT2D eigenvalue weighted by Gasteiger charge is 2.21. The molecule has 2 aromatic rings. The predicted molar refractivity (Wildman–Crippen MR) is 87.4 cm³/mol. The number of carbonyl (C=O) groups excluding carboxylic acids is 2. The Morgan fingerprint density at radius 2 is 2.13 bits per heavy atom. The largest absolute Gasteiger partial charge is 0.484 e. The van der Waals surface area contributed by atoms with Crippen LogP contribution in [-0.4, -0.2) is 29.5 Å². The van der Waals surface area contributed by atoms with Gasteiger partial charge in [0.25, 0.3) is 5.91 Å². The Morgan fingerprint density at radius 3 is 2.74 bits per heavy atom. The van der Waals surface area contributed by atoms with E-state index in [1.807, 2.05) is 30.8 Å². The number of nitrogens with zero attached hydrogens (tertiary/aromatic N) is 3. The van der Waals surface area contributed by atoms with Crippen molar-refractivity contribution in [2.75, 3.05) is 18.1 Å². The van der Waals surface area contributed by atoms with E-state index in [1.165, 1.54) is 11.3 Å². The highest BCUT2D eigenvalue weighted by molar-refractivity contribution is 7.07. The van der Waals surface area contributed by atoms with E-state index in [-0.39, 0.29) is 18.4 Å². The zero-order valence-electron chi connectivity index (χ0n) is 12.8. The predicted octanol–water partition coefficient (Wildman–Crippen LogP) is 1.72. The lowest BCUT2D eigenvalue weighted by atomic mass is 10.3. The van der Waals surface area contributed by atoms with Gasteiger partial charge in [-0.2, -0.15) is 4.99 Å². The first-order chi connectivity index (χ1) is 11.1. The molecule has 6 nitrogen and oxygen atoms in total. The third-order valence-electron chi connectivity index (χ3n) is 3.56. The van der Waals surface area contributed by atoms with Gasteiger partial charge < -0.3 is 14.2 Å². The molecule has 120 valence electrons. The van der Waals surface area contributed by atoms with E-state index in [0.717, 1.165) is 18.7 Å². The topological polar surface area (TPSA) is 63.9 Å². The van der Waals surface area contributed by atoms with E-state index < -0.39 is 0 Å². The molecule has 0 bridgehead atoms. The second-order valence-electron chi connectivity index (χ2n) is 5.23. The molecule has 0 spiro atoms. The first kappa shape index (κ1) is 15.5. The Labute approximate surface area is 137 Å². The van der Waals surface area contributed by atoms with Crippen LogP contribution in [0.25, 0.3) is 0 Å². The molecule has 1 fully saturated rings. The third-order valence-corrected chi connectivity index (χ3v) is 4.41. The Morgan fingerprint density at radius 1 is 1.35 bits per heavy atom. The molecule has 7 heteroatoms. The number of ether oxygens (including phenoxy) is 1. The van der Waals surface area contributed by atoms with Gasteiger partial charge >= 0.3 is 0 Å². The summed E-state index contributed by atoms with van der Waals surface area (Å²) in [4.78, 5) is 29.9. The summed E-state index contributed by atoms with van der Waals surface area (Å²) < 4.78 is 7.23. The number of thiazole rings is 1. The smallest absolute Gasteiger partial charge is 0.286 e. The minimum atomic E-state index is -0.332. The molecule has 2 amide bonds. The molecule has 0 unspecified atom stereocenters. The van der Waals surface area contributed by atoms with Gasteiger partial charge in [0.05, 0.1) is 0 Å². The van der Waals surface area contributed by atoms with Gasteiger partial charge in [0.2, 0.25) is 5.91 Å². The summed E-state index contributed by atoms with van der Waals surface area (Å²) in [7, 11) is 1.84. The van der Waals surface area contributed by atoms with Crippen LogP contribution < -0.4 is 14.4 Å². The van der Waals surface area contributed by atoms with Gasteiger partial charge in [0.1, 0.15) is 5.75 Å². The van der Waals surface area contributed by atoms with Crippen LogP contribution in [0.3, 0.4) is 0 Å². The van der Waals surface area contributed by atoms with Crippen molar-refractivity contribution >= 4 is 28.8 Å². The maximum absolute atomic E-state index is 11.8. The quantitative estimate of drug-likeness (QED) is 0.857. The van der Waals surface area contributed by atoms with E-state index in [4.69, 9.17) is 4.74 Å². The van der Waals surface area contributed by atoms with Crippen molar-refractivity contribution in [2.45, 2.75) is 12.8 Å². The molecule has 0 radical (unpaired) electrons. The lowest BCUT2D eigenvalue weighted by Crippen LogP contribution is -2.23. The van der Waals surface area contributed by atoms with Crippen LogP contribution in [0, 0.1) is 0 Å². The second-order valence-corrected chi connectivity index (χ2v) is 6.11. The summed E-state index contributed by atoms with van der Waals surface area (Å²) in [5.74, 6) is 0.401. The minimum absolute atomic E-state index is 0.111. The maximum atomic E-state index is 11.8. The molecular weight excluding hydrogens is 314 g/mol. The molecule has 3 rings (SSSR count). The molecule has 0 N–H and O–H groups in total. The van der Waals surface area contributed by atoms with Crippen LogP contribution >= 0.6 is 11.3 Å². The van der Waals surface area contributed by atoms with Gasteiger partial charge in [0.15, 0.2) is 11.4 Å². The van der Waals surface area contributed by atoms with Crippen molar-refractivity contribution in [3.63, 3.8) is 0 Å². The summed E-state index contributed by atoms with van der Waals surface area (Å²) >= 11 is 1.40. The van der Waals surface area contributed by atoms with Crippen molar-refractivity contribution in [3.05, 3.63) is 40.6 Å². The van der Waals surface area contributed by atoms with Crippen LogP contribution in [-0.2, 0) is 16.6 Å². The summed E-state index contributed by atoms with van der Waals surface area (Å²) in [6, 6.07) is 7.19. The number of rotatable bonds is 4. The van der Waals surface area contributed by atoms with Crippen LogP contribution in [0.1, 0.15) is 12.8 Å². The number of aromatic nitrogens is 1. The van der Waals surface area contributed by atoms with Crippen LogP contribution in [0.15, 0.2) is 40.8 Å². The lowest BCUT2D eigenvalue weighted by molar-refractivity contribution is -0.120. The Balaban J connectivity index is 1.60. The maximum Gasteiger partial charge on any atom is 0.286 e. The molecule has 1 aromatic carbocycles. The number of aryl methyl sites for hydroxylation is 1. The van der Waals surface area contributed by atoms with Gasteiger partial charge in [-0.1, -0.05) is 0 Å². The number of anilines is 1. The van der Waals surface area contributed by atoms with Crippen LogP contribution in [0.4, 0.5) is 5.69 Å². The van der Waals surface area contributed by atoms with Crippen molar-refractivity contribution < 1.29 is 14.3 Å². The zero-order chi connectivity index (χ0) is 16.2. The summed E-state index contributed by atoms with van der Waals surface area (Å²) in [5, 5.41) is 1.87. The number of benzene rings is 1. The molecule has 0 atom stereocenters. The van der Waals surface area contributed by atoms with Gasteiger partial charge in [0, 0.05) is 37.3 Å². The average Bonchev–Trinajstić information content (AvgIpc) is 3.15. The average molecular weight is 331 g/mol. The fraction of sp³-hybridized carbons (Fsp3) is 0.312. The van der Waals surface area contributed by atoms with Gasteiger partial charge in [-0.05, 0) is 30.7 Å². The molecule has 23 heavy (non-hydrogen) atoms. The molecular formula is C16H17N3O3S. The van der Waals surface area contributed by atoms with E-state index in [0.29, 0.717) is 17.0 Å². The van der Waals surface area contributed by atoms with E-state index in [1.54, 1.807) is 21.6 Å². The summed E-state index contributed by atoms with van der Waals surface area (Å²) in [6.45, 7) is 0.647. The molecule has 1 aliphatic rings. The highest BCUT2D eigenvalue weighted by atomic mass is 32.1. The van der Waals surface area contributed by atoms with E-state index >= 15 is 0 Å². The van der Waals surface area contributed by atoms with E-state index in [9.17, 15) is 9.59 Å². The SMILES string of the molecule is Cn1ccsc1=NC(=O)COc1ccc(N2CCCC2=O)cc1. The zero-order valence-corrected chi connectivity index (χ0v) is 13.6. The molecule has 1 aromatic heterocycles. The highest BCUT2D eigenvalue weighted by Crippen LogP contribution is 2.23. The van der Waals surface area contributed by atoms with Gasteiger partial charge in [-0.3, -0.25) is 9.59 Å².